The third-order valence-corrected chi connectivity index (χ3v) is 5.09. The highest BCUT2D eigenvalue weighted by Gasteiger charge is 2.39. The minimum absolute atomic E-state index is 0.203. The minimum Gasteiger partial charge on any atom is -0.497 e. The SMILES string of the molecule is COc1ccc(C2=C(SCc3ccco3)C(=O)N(CC(C)C)C2=O)cc1. The number of ether oxygens (including phenoxy) is 1. The largest absolute Gasteiger partial charge is 0.497 e. The van der Waals surface area contributed by atoms with E-state index in [4.69, 9.17) is 9.15 Å². The van der Waals surface area contributed by atoms with Crippen molar-refractivity contribution in [2.75, 3.05) is 13.7 Å². The molecule has 26 heavy (non-hydrogen) atoms. The first-order chi connectivity index (χ1) is 12.5. The van der Waals surface area contributed by atoms with Crippen LogP contribution in [0.15, 0.2) is 52.0 Å². The second kappa shape index (κ2) is 7.83. The van der Waals surface area contributed by atoms with E-state index in [1.54, 1.807) is 31.6 Å². The van der Waals surface area contributed by atoms with E-state index in [2.05, 4.69) is 0 Å². The van der Waals surface area contributed by atoms with E-state index in [-0.39, 0.29) is 17.7 Å². The molecular weight excluding hydrogens is 350 g/mol. The van der Waals surface area contributed by atoms with Crippen molar-refractivity contribution in [3.63, 3.8) is 0 Å². The smallest absolute Gasteiger partial charge is 0.268 e. The normalized spacial score (nSPS) is 14.7. The number of hydrogen-bond acceptors (Lipinski definition) is 5. The van der Waals surface area contributed by atoms with E-state index < -0.39 is 0 Å². The summed E-state index contributed by atoms with van der Waals surface area (Å²) in [6.07, 6.45) is 1.60. The van der Waals surface area contributed by atoms with Crippen LogP contribution in [0, 0.1) is 5.92 Å². The summed E-state index contributed by atoms with van der Waals surface area (Å²) >= 11 is 1.34. The highest BCUT2D eigenvalue weighted by Crippen LogP contribution is 2.38. The molecule has 0 atom stereocenters. The van der Waals surface area contributed by atoms with Crippen LogP contribution >= 0.6 is 11.8 Å². The molecule has 5 nitrogen and oxygen atoms in total. The monoisotopic (exact) mass is 371 g/mol. The molecular formula is C20H21NO4S. The number of methoxy groups -OCH3 is 1. The molecule has 2 heterocycles. The van der Waals surface area contributed by atoms with Gasteiger partial charge in [-0.2, -0.15) is 0 Å². The van der Waals surface area contributed by atoms with Crippen molar-refractivity contribution in [2.45, 2.75) is 19.6 Å². The molecule has 3 rings (SSSR count). The molecule has 0 bridgehead atoms. The highest BCUT2D eigenvalue weighted by atomic mass is 32.2. The lowest BCUT2D eigenvalue weighted by atomic mass is 10.1. The maximum atomic E-state index is 13.0. The van der Waals surface area contributed by atoms with Crippen LogP contribution in [-0.4, -0.2) is 30.4 Å². The number of carbonyl (C=O) groups is 2. The first-order valence-corrected chi connectivity index (χ1v) is 9.40. The van der Waals surface area contributed by atoms with Gasteiger partial charge in [0.05, 0.1) is 29.6 Å². The lowest BCUT2D eigenvalue weighted by Gasteiger charge is -2.17. The summed E-state index contributed by atoms with van der Waals surface area (Å²) in [5.41, 5.74) is 1.17. The van der Waals surface area contributed by atoms with Crippen molar-refractivity contribution in [2.24, 2.45) is 5.92 Å². The van der Waals surface area contributed by atoms with Crippen LogP contribution in [0.4, 0.5) is 0 Å². The topological polar surface area (TPSA) is 59.8 Å². The van der Waals surface area contributed by atoms with Crippen LogP contribution < -0.4 is 4.74 Å². The third-order valence-electron chi connectivity index (χ3n) is 3.99. The summed E-state index contributed by atoms with van der Waals surface area (Å²) in [5.74, 6) is 1.70. The van der Waals surface area contributed by atoms with Gasteiger partial charge in [0.1, 0.15) is 11.5 Å². The van der Waals surface area contributed by atoms with Gasteiger partial charge in [-0.15, -0.1) is 11.8 Å². The van der Waals surface area contributed by atoms with Gasteiger partial charge in [0.25, 0.3) is 11.8 Å². The quantitative estimate of drug-likeness (QED) is 0.690. The zero-order valence-electron chi connectivity index (χ0n) is 15.0. The molecule has 0 radical (unpaired) electrons. The van der Waals surface area contributed by atoms with Crippen LogP contribution in [0.3, 0.4) is 0 Å². The molecule has 0 N–H and O–H groups in total. The zero-order chi connectivity index (χ0) is 18.7. The van der Waals surface area contributed by atoms with E-state index in [9.17, 15) is 9.59 Å². The Kier molecular flexibility index (Phi) is 5.52. The highest BCUT2D eigenvalue weighted by molar-refractivity contribution is 8.03. The van der Waals surface area contributed by atoms with Gasteiger partial charge in [0.15, 0.2) is 0 Å². The molecule has 0 spiro atoms. The van der Waals surface area contributed by atoms with Gasteiger partial charge in [-0.25, -0.2) is 0 Å². The van der Waals surface area contributed by atoms with Crippen molar-refractivity contribution in [1.82, 2.24) is 4.90 Å². The van der Waals surface area contributed by atoms with Crippen molar-refractivity contribution in [3.05, 3.63) is 58.9 Å². The number of benzene rings is 1. The molecule has 1 aliphatic heterocycles. The summed E-state index contributed by atoms with van der Waals surface area (Å²) < 4.78 is 10.5. The number of furan rings is 1. The van der Waals surface area contributed by atoms with Gasteiger partial charge in [-0.1, -0.05) is 26.0 Å². The van der Waals surface area contributed by atoms with Gasteiger partial charge in [-0.05, 0) is 35.7 Å². The maximum absolute atomic E-state index is 13.0. The van der Waals surface area contributed by atoms with Crippen LogP contribution in [0.5, 0.6) is 5.75 Å². The van der Waals surface area contributed by atoms with Crippen molar-refractivity contribution < 1.29 is 18.7 Å². The summed E-state index contributed by atoms with van der Waals surface area (Å²) in [7, 11) is 1.59. The molecule has 136 valence electrons. The fraction of sp³-hybridized carbons (Fsp3) is 0.300. The Hall–Kier alpha value is -2.47. The van der Waals surface area contributed by atoms with Gasteiger partial charge >= 0.3 is 0 Å². The van der Waals surface area contributed by atoms with Gasteiger partial charge in [0.2, 0.25) is 0 Å². The second-order valence-electron chi connectivity index (χ2n) is 6.42. The number of imide groups is 1. The number of thioether (sulfide) groups is 1. The average Bonchev–Trinajstić information content (AvgIpc) is 3.22. The summed E-state index contributed by atoms with van der Waals surface area (Å²) in [4.78, 5) is 27.7. The predicted molar refractivity (Wildman–Crippen MR) is 101 cm³/mol. The zero-order valence-corrected chi connectivity index (χ0v) is 15.8. The molecule has 1 aliphatic rings. The Morgan fingerprint density at radius 3 is 2.42 bits per heavy atom. The van der Waals surface area contributed by atoms with Gasteiger partial charge < -0.3 is 9.15 Å². The van der Waals surface area contributed by atoms with Crippen LogP contribution in [-0.2, 0) is 15.3 Å². The fourth-order valence-electron chi connectivity index (χ4n) is 2.77. The van der Waals surface area contributed by atoms with Crippen LogP contribution in [0.2, 0.25) is 0 Å². The standard InChI is InChI=1S/C20H21NO4S/c1-13(2)11-21-19(22)17(14-6-8-15(24-3)9-7-14)18(20(21)23)26-12-16-5-4-10-25-16/h4-10,13H,11-12H2,1-3H3. The molecule has 2 amide bonds. The van der Waals surface area contributed by atoms with E-state index >= 15 is 0 Å². The van der Waals surface area contributed by atoms with Gasteiger partial charge in [0, 0.05) is 6.54 Å². The van der Waals surface area contributed by atoms with Crippen LogP contribution in [0.25, 0.3) is 5.57 Å². The van der Waals surface area contributed by atoms with Crippen LogP contribution in [0.1, 0.15) is 25.2 Å². The number of hydrogen-bond donors (Lipinski definition) is 0. The Morgan fingerprint density at radius 1 is 1.12 bits per heavy atom. The Balaban J connectivity index is 1.95. The molecule has 0 fully saturated rings. The maximum Gasteiger partial charge on any atom is 0.268 e. The Labute approximate surface area is 157 Å². The number of nitrogens with zero attached hydrogens (tertiary/aromatic N) is 1. The molecule has 0 saturated heterocycles. The third kappa shape index (κ3) is 3.70. The van der Waals surface area contributed by atoms with Crippen molar-refractivity contribution in [3.8, 4) is 5.75 Å². The number of amides is 2. The Bertz CT molecular complexity index is 822. The van der Waals surface area contributed by atoms with Crippen molar-refractivity contribution in [1.29, 1.82) is 0 Å². The molecule has 0 aliphatic carbocycles. The number of rotatable bonds is 7. The van der Waals surface area contributed by atoms with Crippen molar-refractivity contribution >= 4 is 29.1 Å². The number of carbonyl (C=O) groups excluding carboxylic acids is 2. The summed E-state index contributed by atoms with van der Waals surface area (Å²) in [5, 5.41) is 0. The first-order valence-electron chi connectivity index (χ1n) is 8.41. The van der Waals surface area contributed by atoms with E-state index in [1.807, 2.05) is 32.0 Å². The molecule has 1 aromatic carbocycles. The predicted octanol–water partition coefficient (Wildman–Crippen LogP) is 3.96. The second-order valence-corrected chi connectivity index (χ2v) is 7.40. The molecule has 0 saturated carbocycles. The Morgan fingerprint density at radius 2 is 1.85 bits per heavy atom. The lowest BCUT2D eigenvalue weighted by molar-refractivity contribution is -0.137. The summed E-state index contributed by atoms with van der Waals surface area (Å²) in [6.45, 7) is 4.38. The minimum atomic E-state index is -0.240. The molecule has 6 heteroatoms. The molecule has 0 unspecified atom stereocenters. The van der Waals surface area contributed by atoms with E-state index in [0.717, 1.165) is 11.3 Å². The van der Waals surface area contributed by atoms with E-state index in [1.165, 1.54) is 16.7 Å². The van der Waals surface area contributed by atoms with Gasteiger partial charge in [-0.3, -0.25) is 14.5 Å². The summed E-state index contributed by atoms with van der Waals surface area (Å²) in [6, 6.07) is 10.9. The lowest BCUT2D eigenvalue weighted by Crippen LogP contribution is -2.34. The molecule has 2 aromatic rings. The van der Waals surface area contributed by atoms with E-state index in [0.29, 0.717) is 28.5 Å². The fourth-order valence-corrected chi connectivity index (χ4v) is 3.80. The first kappa shape index (κ1) is 18.3. The average molecular weight is 371 g/mol. The molecule has 1 aromatic heterocycles.